The second kappa shape index (κ2) is 4.86. The van der Waals surface area contributed by atoms with Gasteiger partial charge in [-0.15, -0.1) is 0 Å². The molecule has 1 unspecified atom stereocenters. The van der Waals surface area contributed by atoms with Gasteiger partial charge in [-0.2, -0.15) is 4.98 Å². The van der Waals surface area contributed by atoms with E-state index in [1.165, 1.54) is 6.07 Å². The normalized spacial score (nSPS) is 19.9. The molecule has 0 spiro atoms. The molecule has 1 aromatic heterocycles. The molecule has 2 heterocycles. The Morgan fingerprint density at radius 2 is 2.22 bits per heavy atom. The van der Waals surface area contributed by atoms with E-state index in [-0.39, 0.29) is 11.7 Å². The average Bonchev–Trinajstić information content (AvgIpc) is 2.90. The molecule has 0 bridgehead atoms. The lowest BCUT2D eigenvalue weighted by Crippen LogP contribution is -2.28. The second-order valence-corrected chi connectivity index (χ2v) is 4.48. The van der Waals surface area contributed by atoms with Crippen LogP contribution in [0.25, 0.3) is 11.4 Å². The molecule has 3 rings (SSSR count). The number of hydrogen-bond donors (Lipinski definition) is 1. The molecule has 0 aliphatic carbocycles. The van der Waals surface area contributed by atoms with E-state index in [4.69, 9.17) is 4.52 Å². The summed E-state index contributed by atoms with van der Waals surface area (Å²) in [7, 11) is 0. The van der Waals surface area contributed by atoms with Gasteiger partial charge in [0.25, 0.3) is 0 Å². The predicted molar refractivity (Wildman–Crippen MR) is 64.5 cm³/mol. The third-order valence-corrected chi connectivity index (χ3v) is 3.20. The molecule has 94 valence electrons. The van der Waals surface area contributed by atoms with Crippen molar-refractivity contribution in [3.8, 4) is 11.4 Å². The zero-order chi connectivity index (χ0) is 12.4. The largest absolute Gasteiger partial charge is 0.339 e. The first-order valence-corrected chi connectivity index (χ1v) is 6.14. The first kappa shape index (κ1) is 11.3. The minimum absolute atomic E-state index is 0.242. The SMILES string of the molecule is Fc1ccccc1-c1noc(C2CCCNC2)n1. The van der Waals surface area contributed by atoms with Crippen LogP contribution in [0.3, 0.4) is 0 Å². The van der Waals surface area contributed by atoms with Gasteiger partial charge in [-0.05, 0) is 31.5 Å². The number of aromatic nitrogens is 2. The van der Waals surface area contributed by atoms with Crippen LogP contribution in [0.5, 0.6) is 0 Å². The first-order valence-electron chi connectivity index (χ1n) is 6.14. The number of rotatable bonds is 2. The summed E-state index contributed by atoms with van der Waals surface area (Å²) in [5.74, 6) is 0.840. The fourth-order valence-electron chi connectivity index (χ4n) is 2.22. The topological polar surface area (TPSA) is 51.0 Å². The number of halogens is 1. The van der Waals surface area contributed by atoms with Crippen molar-refractivity contribution in [2.24, 2.45) is 0 Å². The molecule has 0 radical (unpaired) electrons. The average molecular weight is 247 g/mol. The summed E-state index contributed by atoms with van der Waals surface area (Å²) in [5, 5.41) is 7.16. The third-order valence-electron chi connectivity index (χ3n) is 3.20. The van der Waals surface area contributed by atoms with Crippen molar-refractivity contribution in [1.29, 1.82) is 0 Å². The smallest absolute Gasteiger partial charge is 0.231 e. The summed E-state index contributed by atoms with van der Waals surface area (Å²) in [6.07, 6.45) is 2.13. The zero-order valence-corrected chi connectivity index (χ0v) is 9.90. The van der Waals surface area contributed by atoms with Crippen LogP contribution in [0, 0.1) is 5.82 Å². The molecule has 5 heteroatoms. The van der Waals surface area contributed by atoms with Crippen LogP contribution in [0.4, 0.5) is 4.39 Å². The van der Waals surface area contributed by atoms with Gasteiger partial charge in [0.1, 0.15) is 5.82 Å². The first-order chi connectivity index (χ1) is 8.84. The Bertz CT molecular complexity index is 535. The van der Waals surface area contributed by atoms with Crippen molar-refractivity contribution in [1.82, 2.24) is 15.5 Å². The fraction of sp³-hybridized carbons (Fsp3) is 0.385. The minimum Gasteiger partial charge on any atom is -0.339 e. The van der Waals surface area contributed by atoms with Gasteiger partial charge in [0, 0.05) is 6.54 Å². The van der Waals surface area contributed by atoms with Crippen LogP contribution in [-0.2, 0) is 0 Å². The number of benzene rings is 1. The van der Waals surface area contributed by atoms with Crippen molar-refractivity contribution in [2.45, 2.75) is 18.8 Å². The van der Waals surface area contributed by atoms with Gasteiger partial charge in [-0.1, -0.05) is 17.3 Å². The Balaban J connectivity index is 1.87. The number of hydrogen-bond acceptors (Lipinski definition) is 4. The van der Waals surface area contributed by atoms with Crippen LogP contribution in [0.15, 0.2) is 28.8 Å². The molecular weight excluding hydrogens is 233 g/mol. The molecule has 1 aliphatic rings. The van der Waals surface area contributed by atoms with Crippen molar-refractivity contribution in [3.63, 3.8) is 0 Å². The minimum atomic E-state index is -0.327. The van der Waals surface area contributed by atoms with Gasteiger partial charge < -0.3 is 9.84 Å². The van der Waals surface area contributed by atoms with E-state index in [0.29, 0.717) is 17.3 Å². The summed E-state index contributed by atoms with van der Waals surface area (Å²) < 4.78 is 18.8. The fourth-order valence-corrected chi connectivity index (χ4v) is 2.22. The highest BCUT2D eigenvalue weighted by atomic mass is 19.1. The Morgan fingerprint density at radius 1 is 1.33 bits per heavy atom. The van der Waals surface area contributed by atoms with Crippen molar-refractivity contribution in [2.75, 3.05) is 13.1 Å². The van der Waals surface area contributed by atoms with E-state index in [0.717, 1.165) is 25.9 Å². The second-order valence-electron chi connectivity index (χ2n) is 4.48. The maximum absolute atomic E-state index is 13.6. The van der Waals surface area contributed by atoms with Gasteiger partial charge in [0.05, 0.1) is 11.5 Å². The summed E-state index contributed by atoms with van der Waals surface area (Å²) in [5.41, 5.74) is 0.385. The third kappa shape index (κ3) is 2.13. The summed E-state index contributed by atoms with van der Waals surface area (Å²) >= 11 is 0. The van der Waals surface area contributed by atoms with Crippen LogP contribution in [0.2, 0.25) is 0 Å². The molecule has 1 aliphatic heterocycles. The van der Waals surface area contributed by atoms with Gasteiger partial charge in [-0.25, -0.2) is 4.39 Å². The van der Waals surface area contributed by atoms with E-state index in [1.54, 1.807) is 18.2 Å². The van der Waals surface area contributed by atoms with Crippen LogP contribution in [0.1, 0.15) is 24.7 Å². The molecule has 1 atom stereocenters. The molecule has 18 heavy (non-hydrogen) atoms. The van der Waals surface area contributed by atoms with Gasteiger partial charge in [-0.3, -0.25) is 0 Å². The lowest BCUT2D eigenvalue weighted by molar-refractivity contribution is 0.322. The van der Waals surface area contributed by atoms with Crippen molar-refractivity contribution in [3.05, 3.63) is 36.0 Å². The Kier molecular flexibility index (Phi) is 3.06. The van der Waals surface area contributed by atoms with Crippen LogP contribution >= 0.6 is 0 Å². The Labute approximate surface area is 104 Å². The van der Waals surface area contributed by atoms with E-state index < -0.39 is 0 Å². The number of nitrogens with one attached hydrogen (secondary N) is 1. The van der Waals surface area contributed by atoms with Crippen LogP contribution in [-0.4, -0.2) is 23.2 Å². The summed E-state index contributed by atoms with van der Waals surface area (Å²) in [4.78, 5) is 4.31. The molecule has 0 saturated carbocycles. The number of piperidine rings is 1. The lowest BCUT2D eigenvalue weighted by atomic mass is 10.00. The van der Waals surface area contributed by atoms with E-state index in [9.17, 15) is 4.39 Å². The molecule has 1 aromatic carbocycles. The molecule has 1 fully saturated rings. The number of nitrogens with zero attached hydrogens (tertiary/aromatic N) is 2. The van der Waals surface area contributed by atoms with Crippen molar-refractivity contribution >= 4 is 0 Å². The van der Waals surface area contributed by atoms with Gasteiger partial charge >= 0.3 is 0 Å². The summed E-state index contributed by atoms with van der Waals surface area (Å²) in [6, 6.07) is 6.46. The van der Waals surface area contributed by atoms with Crippen molar-refractivity contribution < 1.29 is 8.91 Å². The highest BCUT2D eigenvalue weighted by Gasteiger charge is 2.22. The lowest BCUT2D eigenvalue weighted by Gasteiger charge is -2.18. The van der Waals surface area contributed by atoms with Crippen LogP contribution < -0.4 is 5.32 Å². The molecule has 4 nitrogen and oxygen atoms in total. The molecule has 1 N–H and O–H groups in total. The van der Waals surface area contributed by atoms with E-state index in [2.05, 4.69) is 15.5 Å². The maximum atomic E-state index is 13.6. The Morgan fingerprint density at radius 3 is 3.00 bits per heavy atom. The van der Waals surface area contributed by atoms with Gasteiger partial charge in [0.15, 0.2) is 0 Å². The standard InChI is InChI=1S/C13H14FN3O/c14-11-6-2-1-5-10(11)12-16-13(18-17-12)9-4-3-7-15-8-9/h1-2,5-6,9,15H,3-4,7-8H2. The molecule has 0 amide bonds. The highest BCUT2D eigenvalue weighted by molar-refractivity contribution is 5.54. The molecular formula is C13H14FN3O. The zero-order valence-electron chi connectivity index (χ0n) is 9.90. The quantitative estimate of drug-likeness (QED) is 0.885. The summed E-state index contributed by atoms with van der Waals surface area (Å²) in [6.45, 7) is 1.88. The van der Waals surface area contributed by atoms with E-state index in [1.807, 2.05) is 0 Å². The van der Waals surface area contributed by atoms with Gasteiger partial charge in [0.2, 0.25) is 11.7 Å². The molecule has 1 saturated heterocycles. The monoisotopic (exact) mass is 247 g/mol. The maximum Gasteiger partial charge on any atom is 0.231 e. The van der Waals surface area contributed by atoms with E-state index >= 15 is 0 Å². The Hall–Kier alpha value is -1.75. The molecule has 2 aromatic rings. The predicted octanol–water partition coefficient (Wildman–Crippen LogP) is 2.34. The highest BCUT2D eigenvalue weighted by Crippen LogP contribution is 2.25.